The van der Waals surface area contributed by atoms with E-state index in [1.54, 1.807) is 24.3 Å². The van der Waals surface area contributed by atoms with Crippen molar-refractivity contribution >= 4 is 23.3 Å². The Bertz CT molecular complexity index is 842. The monoisotopic (exact) mass is 398 g/mol. The number of ketones is 2. The van der Waals surface area contributed by atoms with Gasteiger partial charge >= 0.3 is 0 Å². The number of hydrogen-bond acceptors (Lipinski definition) is 5. The van der Waals surface area contributed by atoms with Gasteiger partial charge in [0, 0.05) is 20.9 Å². The van der Waals surface area contributed by atoms with E-state index in [9.17, 15) is 19.8 Å². The molecule has 0 unspecified atom stereocenters. The third-order valence-corrected chi connectivity index (χ3v) is 6.14. The van der Waals surface area contributed by atoms with Crippen LogP contribution in [-0.2, 0) is 0 Å². The van der Waals surface area contributed by atoms with Gasteiger partial charge in [-0.3, -0.25) is 9.59 Å². The molecule has 0 aromatic heterocycles. The second-order valence-corrected chi connectivity index (χ2v) is 9.11. The van der Waals surface area contributed by atoms with Crippen LogP contribution in [0.3, 0.4) is 0 Å². The van der Waals surface area contributed by atoms with Gasteiger partial charge in [0.05, 0.1) is 0 Å². The van der Waals surface area contributed by atoms with Gasteiger partial charge < -0.3 is 10.2 Å². The van der Waals surface area contributed by atoms with Crippen molar-refractivity contribution in [2.24, 2.45) is 0 Å². The van der Waals surface area contributed by atoms with E-state index in [0.29, 0.717) is 24.0 Å². The van der Waals surface area contributed by atoms with Gasteiger partial charge in [0.15, 0.2) is 11.6 Å². The van der Waals surface area contributed by atoms with Crippen LogP contribution in [0.15, 0.2) is 58.3 Å². The first kappa shape index (κ1) is 20.8. The molecule has 148 valence electrons. The summed E-state index contributed by atoms with van der Waals surface area (Å²) in [5.41, 5.74) is -1.59. The lowest BCUT2D eigenvalue weighted by Gasteiger charge is -2.30. The van der Waals surface area contributed by atoms with Gasteiger partial charge in [-0.05, 0) is 51.0 Å². The Balaban J connectivity index is 1.67. The second kappa shape index (κ2) is 8.19. The summed E-state index contributed by atoms with van der Waals surface area (Å²) in [6.07, 6.45) is 3.94. The minimum atomic E-state index is -1.39. The predicted octanol–water partition coefficient (Wildman–Crippen LogP) is 4.67. The Kier molecular flexibility index (Phi) is 6.08. The molecule has 1 aliphatic rings. The Hall–Kier alpha value is -1.95. The third-order valence-electron chi connectivity index (χ3n) is 5.13. The van der Waals surface area contributed by atoms with Crippen LogP contribution in [0.1, 0.15) is 66.7 Å². The van der Waals surface area contributed by atoms with E-state index in [2.05, 4.69) is 0 Å². The van der Waals surface area contributed by atoms with Crippen LogP contribution in [-0.4, -0.2) is 33.0 Å². The molecule has 28 heavy (non-hydrogen) atoms. The molecule has 0 saturated heterocycles. The average Bonchev–Trinajstić information content (AvgIpc) is 2.68. The van der Waals surface area contributed by atoms with Crippen molar-refractivity contribution in [1.29, 1.82) is 0 Å². The molecule has 0 amide bonds. The molecule has 3 rings (SSSR count). The zero-order valence-electron chi connectivity index (χ0n) is 16.3. The number of Topliss-reactive ketones (excluding diaryl/α,β-unsaturated/α-hetero) is 2. The standard InChI is InChI=1S/C23H26O4S/c1-22(2,26)20(24)16-6-10-18(11-7-16)28-19-12-8-17(9-13-19)21(25)23(27)14-4-3-5-15-23/h6-13,26-27H,3-5,14-15H2,1-2H3. The molecule has 0 bridgehead atoms. The summed E-state index contributed by atoms with van der Waals surface area (Å²) in [5.74, 6) is -0.495. The van der Waals surface area contributed by atoms with Crippen LogP contribution < -0.4 is 0 Å². The molecule has 0 spiro atoms. The van der Waals surface area contributed by atoms with Crippen molar-refractivity contribution < 1.29 is 19.8 Å². The summed E-state index contributed by atoms with van der Waals surface area (Å²) < 4.78 is 0. The Morgan fingerprint density at radius 1 is 0.857 bits per heavy atom. The molecule has 1 saturated carbocycles. The summed E-state index contributed by atoms with van der Waals surface area (Å²) in [7, 11) is 0. The second-order valence-electron chi connectivity index (χ2n) is 7.96. The quantitative estimate of drug-likeness (QED) is 0.692. The van der Waals surface area contributed by atoms with E-state index in [4.69, 9.17) is 0 Å². The maximum Gasteiger partial charge on any atom is 0.194 e. The number of benzene rings is 2. The van der Waals surface area contributed by atoms with Crippen molar-refractivity contribution in [1.82, 2.24) is 0 Å². The number of rotatable bonds is 6. The highest BCUT2D eigenvalue weighted by Crippen LogP contribution is 2.33. The molecule has 2 aromatic carbocycles. The third kappa shape index (κ3) is 4.72. The predicted molar refractivity (Wildman–Crippen MR) is 110 cm³/mol. The van der Waals surface area contributed by atoms with E-state index in [1.165, 1.54) is 25.6 Å². The van der Waals surface area contributed by atoms with Crippen molar-refractivity contribution in [2.75, 3.05) is 0 Å². The largest absolute Gasteiger partial charge is 0.382 e. The first-order valence-electron chi connectivity index (χ1n) is 9.61. The molecule has 4 nitrogen and oxygen atoms in total. The number of carbonyl (C=O) groups excluding carboxylic acids is 2. The van der Waals surface area contributed by atoms with Crippen molar-refractivity contribution in [3.05, 3.63) is 59.7 Å². The highest BCUT2D eigenvalue weighted by Gasteiger charge is 2.37. The highest BCUT2D eigenvalue weighted by molar-refractivity contribution is 7.99. The molecule has 0 radical (unpaired) electrons. The van der Waals surface area contributed by atoms with Crippen molar-refractivity contribution in [3.63, 3.8) is 0 Å². The Morgan fingerprint density at radius 2 is 1.32 bits per heavy atom. The van der Waals surface area contributed by atoms with Gasteiger partial charge in [-0.2, -0.15) is 0 Å². The van der Waals surface area contributed by atoms with Gasteiger partial charge in [0.1, 0.15) is 11.2 Å². The summed E-state index contributed by atoms with van der Waals surface area (Å²) in [6, 6.07) is 14.4. The number of hydrogen-bond donors (Lipinski definition) is 2. The first-order chi connectivity index (χ1) is 13.2. The molecule has 0 aliphatic heterocycles. The van der Waals surface area contributed by atoms with E-state index < -0.39 is 11.2 Å². The molecule has 2 N–H and O–H groups in total. The summed E-state index contributed by atoms with van der Waals surface area (Å²) in [6.45, 7) is 2.95. The lowest BCUT2D eigenvalue weighted by molar-refractivity contribution is 0.0116. The summed E-state index contributed by atoms with van der Waals surface area (Å²) >= 11 is 1.52. The average molecular weight is 399 g/mol. The van der Waals surface area contributed by atoms with Crippen molar-refractivity contribution in [3.8, 4) is 0 Å². The van der Waals surface area contributed by atoms with Gasteiger partial charge in [0.2, 0.25) is 0 Å². The van der Waals surface area contributed by atoms with Crippen LogP contribution >= 0.6 is 11.8 Å². The zero-order chi connectivity index (χ0) is 20.4. The number of aliphatic hydroxyl groups is 2. The summed E-state index contributed by atoms with van der Waals surface area (Å²) in [5, 5.41) is 20.5. The molecule has 2 aromatic rings. The molecule has 0 atom stereocenters. The van der Waals surface area contributed by atoms with Crippen molar-refractivity contribution in [2.45, 2.75) is 66.9 Å². The fourth-order valence-corrected chi connectivity index (χ4v) is 4.29. The number of carbonyl (C=O) groups is 2. The molecular formula is C23H26O4S. The first-order valence-corrected chi connectivity index (χ1v) is 10.4. The Labute approximate surface area is 170 Å². The topological polar surface area (TPSA) is 74.6 Å². The minimum absolute atomic E-state index is 0.182. The van der Waals surface area contributed by atoms with Crippen LogP contribution in [0.4, 0.5) is 0 Å². The molecule has 0 heterocycles. The molecular weight excluding hydrogens is 372 g/mol. The molecule has 1 fully saturated rings. The lowest BCUT2D eigenvalue weighted by atomic mass is 9.79. The van der Waals surface area contributed by atoms with Gasteiger partial charge in [-0.1, -0.05) is 55.3 Å². The Morgan fingerprint density at radius 3 is 1.79 bits per heavy atom. The van der Waals surface area contributed by atoms with E-state index in [-0.39, 0.29) is 11.6 Å². The van der Waals surface area contributed by atoms with Crippen LogP contribution in [0.5, 0.6) is 0 Å². The van der Waals surface area contributed by atoms with Gasteiger partial charge in [0.25, 0.3) is 0 Å². The van der Waals surface area contributed by atoms with Gasteiger partial charge in [-0.15, -0.1) is 0 Å². The van der Waals surface area contributed by atoms with Crippen LogP contribution in [0.25, 0.3) is 0 Å². The van der Waals surface area contributed by atoms with E-state index >= 15 is 0 Å². The molecule has 5 heteroatoms. The lowest BCUT2D eigenvalue weighted by Crippen LogP contribution is -2.40. The maximum absolute atomic E-state index is 12.7. The van der Waals surface area contributed by atoms with Crippen LogP contribution in [0, 0.1) is 0 Å². The minimum Gasteiger partial charge on any atom is -0.382 e. The van der Waals surface area contributed by atoms with E-state index in [0.717, 1.165) is 29.1 Å². The van der Waals surface area contributed by atoms with E-state index in [1.807, 2.05) is 24.3 Å². The highest BCUT2D eigenvalue weighted by atomic mass is 32.2. The van der Waals surface area contributed by atoms with Gasteiger partial charge in [-0.25, -0.2) is 0 Å². The smallest absolute Gasteiger partial charge is 0.194 e. The van der Waals surface area contributed by atoms with Crippen LogP contribution in [0.2, 0.25) is 0 Å². The SMILES string of the molecule is CC(C)(O)C(=O)c1ccc(Sc2ccc(C(=O)C3(O)CCCCC3)cc2)cc1. The fourth-order valence-electron chi connectivity index (χ4n) is 3.47. The fraction of sp³-hybridized carbons (Fsp3) is 0.391. The summed E-state index contributed by atoms with van der Waals surface area (Å²) in [4.78, 5) is 26.7. The zero-order valence-corrected chi connectivity index (χ0v) is 17.1. The normalized spacial score (nSPS) is 16.6. The maximum atomic E-state index is 12.7. The molecule has 1 aliphatic carbocycles.